The molecule has 0 fully saturated rings. The average Bonchev–Trinajstić information content (AvgIpc) is 2.45. The van der Waals surface area contributed by atoms with Gasteiger partial charge in [0.05, 0.1) is 5.69 Å². The van der Waals surface area contributed by atoms with Gasteiger partial charge in [-0.2, -0.15) is 13.2 Å². The third kappa shape index (κ3) is 4.40. The molecule has 7 heteroatoms. The van der Waals surface area contributed by atoms with Crippen molar-refractivity contribution in [3.63, 3.8) is 0 Å². The first-order valence-electron chi connectivity index (χ1n) is 6.57. The van der Waals surface area contributed by atoms with Crippen LogP contribution in [0.5, 0.6) is 0 Å². The summed E-state index contributed by atoms with van der Waals surface area (Å²) in [6.45, 7) is 2.44. The maximum Gasteiger partial charge on any atom is 0.433 e. The van der Waals surface area contributed by atoms with E-state index in [0.29, 0.717) is 12.2 Å². The lowest BCUT2D eigenvalue weighted by atomic mass is 10.1. The van der Waals surface area contributed by atoms with Crippen molar-refractivity contribution in [3.05, 3.63) is 47.5 Å². The van der Waals surface area contributed by atoms with Gasteiger partial charge in [0, 0.05) is 25.4 Å². The van der Waals surface area contributed by atoms with Crippen molar-refractivity contribution in [2.75, 3.05) is 11.9 Å². The van der Waals surface area contributed by atoms with Gasteiger partial charge >= 0.3 is 6.18 Å². The van der Waals surface area contributed by atoms with Gasteiger partial charge in [-0.3, -0.25) is 4.98 Å². The van der Waals surface area contributed by atoms with E-state index in [1.807, 2.05) is 6.92 Å². The lowest BCUT2D eigenvalue weighted by Crippen LogP contribution is -2.14. The summed E-state index contributed by atoms with van der Waals surface area (Å²) in [7, 11) is 0. The molecule has 0 bridgehead atoms. The molecule has 0 amide bonds. The molecule has 0 radical (unpaired) electrons. The first-order chi connectivity index (χ1) is 9.99. The van der Waals surface area contributed by atoms with Crippen LogP contribution >= 0.6 is 0 Å². The van der Waals surface area contributed by atoms with Crippen LogP contribution in [0.3, 0.4) is 0 Å². The normalized spacial score (nSPS) is 11.4. The van der Waals surface area contributed by atoms with Gasteiger partial charge in [-0.25, -0.2) is 9.97 Å². The molecule has 2 rings (SSSR count). The third-order valence-electron chi connectivity index (χ3n) is 2.71. The maximum absolute atomic E-state index is 12.9. The highest BCUT2D eigenvalue weighted by Gasteiger charge is 2.33. The van der Waals surface area contributed by atoms with Gasteiger partial charge in [-0.1, -0.05) is 13.0 Å². The van der Waals surface area contributed by atoms with E-state index in [1.165, 1.54) is 0 Å². The summed E-state index contributed by atoms with van der Waals surface area (Å²) in [6.07, 6.45) is -0.222. The number of aromatic nitrogens is 3. The van der Waals surface area contributed by atoms with E-state index in [0.717, 1.165) is 18.1 Å². The molecule has 0 aliphatic rings. The van der Waals surface area contributed by atoms with Crippen LogP contribution in [0.25, 0.3) is 0 Å². The van der Waals surface area contributed by atoms with Crippen LogP contribution in [0.2, 0.25) is 0 Å². The van der Waals surface area contributed by atoms with Crippen LogP contribution in [0, 0.1) is 0 Å². The van der Waals surface area contributed by atoms with E-state index in [1.54, 1.807) is 24.5 Å². The summed E-state index contributed by atoms with van der Waals surface area (Å²) in [4.78, 5) is 11.6. The second kappa shape index (κ2) is 6.51. The van der Waals surface area contributed by atoms with Crippen molar-refractivity contribution in [2.24, 2.45) is 0 Å². The number of hydrogen-bond donors (Lipinski definition) is 1. The smallest absolute Gasteiger partial charge is 0.354 e. The minimum atomic E-state index is -4.49. The monoisotopic (exact) mass is 296 g/mol. The number of rotatable bonds is 5. The molecule has 0 aliphatic carbocycles. The number of halogens is 3. The van der Waals surface area contributed by atoms with E-state index in [2.05, 4.69) is 20.3 Å². The molecule has 0 spiro atoms. The van der Waals surface area contributed by atoms with Crippen LogP contribution in [0.1, 0.15) is 30.3 Å². The van der Waals surface area contributed by atoms with Gasteiger partial charge in [0.15, 0.2) is 0 Å². The molecule has 0 aromatic carbocycles. The zero-order chi connectivity index (χ0) is 15.3. The van der Waals surface area contributed by atoms with Gasteiger partial charge in [0.2, 0.25) is 5.95 Å². The molecule has 1 N–H and O–H groups in total. The van der Waals surface area contributed by atoms with Crippen molar-refractivity contribution in [3.8, 4) is 0 Å². The van der Waals surface area contributed by atoms with E-state index in [9.17, 15) is 13.2 Å². The molecule has 4 nitrogen and oxygen atoms in total. The van der Waals surface area contributed by atoms with Gasteiger partial charge in [0.25, 0.3) is 0 Å². The summed E-state index contributed by atoms with van der Waals surface area (Å²) < 4.78 is 38.6. The van der Waals surface area contributed by atoms with Crippen LogP contribution in [0.4, 0.5) is 19.1 Å². The molecular weight excluding hydrogens is 281 g/mol. The molecule has 2 aromatic rings. The first-order valence-corrected chi connectivity index (χ1v) is 6.57. The highest BCUT2D eigenvalue weighted by atomic mass is 19.4. The molecule has 2 aromatic heterocycles. The average molecular weight is 296 g/mol. The Balaban J connectivity index is 2.30. The van der Waals surface area contributed by atoms with Gasteiger partial charge in [-0.15, -0.1) is 0 Å². The van der Waals surface area contributed by atoms with Crippen LogP contribution in [-0.4, -0.2) is 21.5 Å². The standard InChI is InChI=1S/C14H15F3N4/c1-2-5-19-13-20-11(7-10-4-3-6-18-9-10)8-12(21-13)14(15,16)17/h3-4,6,8-9H,2,5,7H2,1H3,(H,19,20,21). The molecule has 0 aliphatic heterocycles. The highest BCUT2D eigenvalue weighted by molar-refractivity contribution is 5.31. The topological polar surface area (TPSA) is 50.7 Å². The number of nitrogens with one attached hydrogen (secondary N) is 1. The Bertz CT molecular complexity index is 585. The van der Waals surface area contributed by atoms with Crippen molar-refractivity contribution >= 4 is 5.95 Å². The van der Waals surface area contributed by atoms with E-state index in [4.69, 9.17) is 0 Å². The second-order valence-corrected chi connectivity index (χ2v) is 4.53. The Kier molecular flexibility index (Phi) is 4.72. The van der Waals surface area contributed by atoms with Crippen LogP contribution in [-0.2, 0) is 12.6 Å². The lowest BCUT2D eigenvalue weighted by molar-refractivity contribution is -0.141. The molecule has 2 heterocycles. The Labute approximate surface area is 120 Å². The van der Waals surface area contributed by atoms with Gasteiger partial charge in [0.1, 0.15) is 5.69 Å². The number of pyridine rings is 1. The quantitative estimate of drug-likeness (QED) is 0.919. The van der Waals surface area contributed by atoms with Gasteiger partial charge in [-0.05, 0) is 24.1 Å². The summed E-state index contributed by atoms with van der Waals surface area (Å²) in [6, 6.07) is 4.50. The van der Waals surface area contributed by atoms with E-state index >= 15 is 0 Å². The summed E-state index contributed by atoms with van der Waals surface area (Å²) >= 11 is 0. The van der Waals surface area contributed by atoms with Crippen LogP contribution in [0.15, 0.2) is 30.6 Å². The molecule has 0 saturated carbocycles. The predicted octanol–water partition coefficient (Wildman–Crippen LogP) is 3.30. The number of anilines is 1. The van der Waals surface area contributed by atoms with E-state index in [-0.39, 0.29) is 12.4 Å². The zero-order valence-electron chi connectivity index (χ0n) is 11.5. The maximum atomic E-state index is 12.9. The molecule has 21 heavy (non-hydrogen) atoms. The number of alkyl halides is 3. The summed E-state index contributed by atoms with van der Waals surface area (Å²) in [5.74, 6) is 0.00515. The lowest BCUT2D eigenvalue weighted by Gasteiger charge is -2.11. The Morgan fingerprint density at radius 1 is 1.24 bits per heavy atom. The fraction of sp³-hybridized carbons (Fsp3) is 0.357. The van der Waals surface area contributed by atoms with Crippen LogP contribution < -0.4 is 5.32 Å². The molecule has 112 valence electrons. The number of hydrogen-bond acceptors (Lipinski definition) is 4. The van der Waals surface area contributed by atoms with Crippen molar-refractivity contribution in [2.45, 2.75) is 25.9 Å². The Hall–Kier alpha value is -2.18. The van der Waals surface area contributed by atoms with Crippen molar-refractivity contribution < 1.29 is 13.2 Å². The van der Waals surface area contributed by atoms with Crippen molar-refractivity contribution in [1.82, 2.24) is 15.0 Å². The summed E-state index contributed by atoms with van der Waals surface area (Å²) in [5.41, 5.74) is 0.171. The second-order valence-electron chi connectivity index (χ2n) is 4.53. The van der Waals surface area contributed by atoms with Gasteiger partial charge < -0.3 is 5.32 Å². The first kappa shape index (κ1) is 15.2. The predicted molar refractivity (Wildman–Crippen MR) is 72.9 cm³/mol. The fourth-order valence-corrected chi connectivity index (χ4v) is 1.76. The highest BCUT2D eigenvalue weighted by Crippen LogP contribution is 2.29. The SMILES string of the molecule is CCCNc1nc(Cc2cccnc2)cc(C(F)(F)F)n1. The Morgan fingerprint density at radius 3 is 2.67 bits per heavy atom. The zero-order valence-corrected chi connectivity index (χ0v) is 11.5. The largest absolute Gasteiger partial charge is 0.433 e. The van der Waals surface area contributed by atoms with Crippen molar-refractivity contribution in [1.29, 1.82) is 0 Å². The molecule has 0 saturated heterocycles. The molecule has 0 atom stereocenters. The summed E-state index contributed by atoms with van der Waals surface area (Å²) in [5, 5.41) is 2.80. The minimum Gasteiger partial charge on any atom is -0.354 e. The minimum absolute atomic E-state index is 0.00515. The molecule has 0 unspecified atom stereocenters. The fourth-order valence-electron chi connectivity index (χ4n) is 1.76. The number of nitrogens with zero attached hydrogens (tertiary/aromatic N) is 3. The molecular formula is C14H15F3N4. The Morgan fingerprint density at radius 2 is 2.05 bits per heavy atom. The third-order valence-corrected chi connectivity index (χ3v) is 2.71. The van der Waals surface area contributed by atoms with E-state index < -0.39 is 11.9 Å².